The van der Waals surface area contributed by atoms with E-state index in [0.29, 0.717) is 42.7 Å². The molecule has 0 unspecified atom stereocenters. The number of hydrogen-bond acceptors (Lipinski definition) is 4. The Morgan fingerprint density at radius 2 is 1.38 bits per heavy atom. The Kier molecular flexibility index (Phi) is 15.2. The number of carbonyl (C=O) groups is 2. The molecule has 9 nitrogen and oxygen atoms in total. The predicted molar refractivity (Wildman–Crippen MR) is 139 cm³/mol. The third-order valence-electron chi connectivity index (χ3n) is 6.34. The topological polar surface area (TPSA) is 131 Å². The molecular weight excluding hydrogens is 900 g/mol. The number of benzene rings is 2. The molecular formula is C26H33Ac2N5O4-2. The molecule has 37 heavy (non-hydrogen) atoms. The van der Waals surface area contributed by atoms with Crippen molar-refractivity contribution in [2.75, 3.05) is 22.9 Å². The van der Waals surface area contributed by atoms with E-state index in [1.165, 1.54) is 6.07 Å². The van der Waals surface area contributed by atoms with Crippen LogP contribution in [-0.4, -0.2) is 29.8 Å². The van der Waals surface area contributed by atoms with Crippen LogP contribution in [0.25, 0.3) is 11.5 Å². The summed E-state index contributed by atoms with van der Waals surface area (Å²) in [6, 6.07) is 8.53. The van der Waals surface area contributed by atoms with Gasteiger partial charge >= 0.3 is 0 Å². The standard InChI is InChI=1S/C13H16N3O3.C13H17N2O.2Ac/c1-2-4-12(17)15-8-3-5-9-10(15)6-7-11(13(9)14)16(18)19;1-2-5-13(16)15-9-4-6-10-11(14)7-3-8-12(10)15;;/h6-7,14H,2-5,8H2,1H3;3,7-8,14H,2,4-6,9H2,1H3;;/q2*-1;;. The van der Waals surface area contributed by atoms with E-state index in [2.05, 4.69) is 0 Å². The average molecular weight is 934 g/mol. The summed E-state index contributed by atoms with van der Waals surface area (Å²) >= 11 is 0. The van der Waals surface area contributed by atoms with Gasteiger partial charge in [-0.05, 0) is 61.8 Å². The van der Waals surface area contributed by atoms with Crippen LogP contribution in [0, 0.1) is 98.2 Å². The van der Waals surface area contributed by atoms with Gasteiger partial charge in [0.25, 0.3) is 5.69 Å². The van der Waals surface area contributed by atoms with Gasteiger partial charge in [-0.25, -0.2) is 0 Å². The van der Waals surface area contributed by atoms with Gasteiger partial charge in [0.2, 0.25) is 11.8 Å². The van der Waals surface area contributed by atoms with Gasteiger partial charge in [0.1, 0.15) is 0 Å². The molecule has 194 valence electrons. The van der Waals surface area contributed by atoms with Crippen molar-refractivity contribution in [1.82, 2.24) is 0 Å². The van der Waals surface area contributed by atoms with E-state index >= 15 is 0 Å². The van der Waals surface area contributed by atoms with Gasteiger partial charge in [-0.15, -0.1) is 5.69 Å². The minimum atomic E-state index is -0.546. The first-order valence-electron chi connectivity index (χ1n) is 12.3. The number of rotatable bonds is 5. The van der Waals surface area contributed by atoms with Crippen LogP contribution >= 0.6 is 0 Å². The molecule has 2 aromatic carbocycles. The van der Waals surface area contributed by atoms with Gasteiger partial charge in [-0.2, -0.15) is 0 Å². The summed E-state index contributed by atoms with van der Waals surface area (Å²) in [4.78, 5) is 37.7. The van der Waals surface area contributed by atoms with Crippen LogP contribution in [0.3, 0.4) is 0 Å². The molecule has 2 heterocycles. The molecule has 0 aromatic heterocycles. The summed E-state index contributed by atoms with van der Waals surface area (Å²) in [6.07, 6.45) is 5.96. The number of nitrogens with zero attached hydrogens (tertiary/aromatic N) is 3. The molecule has 2 radical (unpaired) electrons. The Morgan fingerprint density at radius 3 is 1.89 bits per heavy atom. The Bertz CT molecular complexity index is 1110. The molecule has 0 aliphatic carbocycles. The van der Waals surface area contributed by atoms with Gasteiger partial charge < -0.3 is 21.3 Å². The minimum Gasteiger partial charge on any atom is -0.698 e. The van der Waals surface area contributed by atoms with E-state index < -0.39 is 4.92 Å². The third kappa shape index (κ3) is 8.37. The smallest absolute Gasteiger partial charge is 0.254 e. The van der Waals surface area contributed by atoms with Gasteiger partial charge in [-0.3, -0.25) is 19.7 Å². The maximum Gasteiger partial charge on any atom is 0.254 e. The number of amides is 2. The van der Waals surface area contributed by atoms with Gasteiger partial charge in [0.05, 0.1) is 4.92 Å². The Hall–Kier alpha value is -0.737. The second kappa shape index (κ2) is 16.4. The maximum absolute atomic E-state index is 12.0. The molecule has 0 spiro atoms. The van der Waals surface area contributed by atoms with E-state index in [0.717, 1.165) is 49.9 Å². The largest absolute Gasteiger partial charge is 0.698 e. The molecule has 2 amide bonds. The molecule has 4 rings (SSSR count). The van der Waals surface area contributed by atoms with Crippen LogP contribution in [0.4, 0.5) is 28.4 Å². The van der Waals surface area contributed by atoms with Crippen LogP contribution in [0.15, 0.2) is 30.3 Å². The number of nitro benzene ring substituents is 1. The molecule has 2 aliphatic rings. The summed E-state index contributed by atoms with van der Waals surface area (Å²) in [5, 5.41) is 10.8. The van der Waals surface area contributed by atoms with Crippen LogP contribution in [-0.2, 0) is 22.4 Å². The molecule has 11 heteroatoms. The van der Waals surface area contributed by atoms with Crippen molar-refractivity contribution in [2.24, 2.45) is 0 Å². The van der Waals surface area contributed by atoms with E-state index in [1.807, 2.05) is 30.9 Å². The molecule has 2 N–H and O–H groups in total. The van der Waals surface area contributed by atoms with Crippen LogP contribution < -0.4 is 9.80 Å². The number of fused-ring (bicyclic) bond motifs is 2. The van der Waals surface area contributed by atoms with Gasteiger partial charge in [0, 0.05) is 131 Å². The van der Waals surface area contributed by atoms with Gasteiger partial charge in [0.15, 0.2) is 0 Å². The van der Waals surface area contributed by atoms with Crippen molar-refractivity contribution in [2.45, 2.75) is 65.2 Å². The van der Waals surface area contributed by atoms with Crippen molar-refractivity contribution in [3.63, 3.8) is 0 Å². The first kappa shape index (κ1) is 34.3. The fourth-order valence-electron chi connectivity index (χ4n) is 4.66. The van der Waals surface area contributed by atoms with Crippen molar-refractivity contribution in [1.29, 1.82) is 0 Å². The number of anilines is 2. The summed E-state index contributed by atoms with van der Waals surface area (Å²) in [6.45, 7) is 5.39. The number of hydrogen-bond donors (Lipinski definition) is 0. The van der Waals surface area contributed by atoms with Gasteiger partial charge in [-0.1, -0.05) is 31.7 Å². The molecule has 0 saturated heterocycles. The SMILES string of the molecule is CCCC(=O)N1CCCc2c([NH-])cccc21.CCCC(=O)N1CCCc2c1ccc([N+](=O)[O-])c2[NH-].[Ac].[Ac]. The third-order valence-corrected chi connectivity index (χ3v) is 6.34. The van der Waals surface area contributed by atoms with Crippen molar-refractivity contribution in [3.05, 3.63) is 63.0 Å². The van der Waals surface area contributed by atoms with Crippen molar-refractivity contribution < 1.29 is 103 Å². The fourth-order valence-corrected chi connectivity index (χ4v) is 4.66. The van der Waals surface area contributed by atoms with E-state index in [4.69, 9.17) is 11.5 Å². The second-order valence-corrected chi connectivity index (χ2v) is 8.82. The summed E-state index contributed by atoms with van der Waals surface area (Å²) < 4.78 is 0. The number of nitro groups is 1. The quantitative estimate of drug-likeness (QED) is 0.241. The zero-order valence-electron chi connectivity index (χ0n) is 21.6. The first-order chi connectivity index (χ1) is 16.8. The summed E-state index contributed by atoms with van der Waals surface area (Å²) in [5.41, 5.74) is 19.3. The molecule has 0 saturated carbocycles. The van der Waals surface area contributed by atoms with Crippen LogP contribution in [0.5, 0.6) is 0 Å². The molecule has 0 fully saturated rings. The summed E-state index contributed by atoms with van der Waals surface area (Å²) in [7, 11) is 0. The molecule has 2 aliphatic heterocycles. The molecule has 0 atom stereocenters. The second-order valence-electron chi connectivity index (χ2n) is 8.82. The van der Waals surface area contributed by atoms with E-state index in [1.54, 1.807) is 17.0 Å². The zero-order valence-corrected chi connectivity index (χ0v) is 31.1. The monoisotopic (exact) mass is 933 g/mol. The van der Waals surface area contributed by atoms with E-state index in [9.17, 15) is 19.7 Å². The van der Waals surface area contributed by atoms with Crippen LogP contribution in [0.1, 0.15) is 63.5 Å². The zero-order chi connectivity index (χ0) is 25.5. The number of carbonyl (C=O) groups excluding carboxylic acids is 2. The molecule has 0 bridgehead atoms. The Labute approximate surface area is 290 Å². The van der Waals surface area contributed by atoms with Crippen molar-refractivity contribution >= 4 is 40.3 Å². The maximum atomic E-state index is 12.0. The van der Waals surface area contributed by atoms with E-state index in [-0.39, 0.29) is 111 Å². The van der Waals surface area contributed by atoms with Crippen molar-refractivity contribution in [3.8, 4) is 0 Å². The van der Waals surface area contributed by atoms with Crippen LogP contribution in [0.2, 0.25) is 0 Å². The first-order valence-corrected chi connectivity index (χ1v) is 12.3. The normalized spacial score (nSPS) is 13.6. The summed E-state index contributed by atoms with van der Waals surface area (Å²) in [5.74, 6) is 0.214. The Morgan fingerprint density at radius 1 is 0.865 bits per heavy atom. The number of nitrogens with one attached hydrogen (secondary N) is 2. The molecule has 2 aromatic rings. The predicted octanol–water partition coefficient (Wildman–Crippen LogP) is 6.81. The fraction of sp³-hybridized carbons (Fsp3) is 0.462. The Balaban J connectivity index is 0.000000355. The minimum absolute atomic E-state index is 0. The average Bonchev–Trinajstić information content (AvgIpc) is 2.84.